The van der Waals surface area contributed by atoms with Gasteiger partial charge in [-0.1, -0.05) is 13.8 Å². The lowest BCUT2D eigenvalue weighted by atomic mass is 9.92. The molecule has 1 unspecified atom stereocenters. The fourth-order valence-electron chi connectivity index (χ4n) is 2.46. The smallest absolute Gasteiger partial charge is 0.340 e. The van der Waals surface area contributed by atoms with Crippen molar-refractivity contribution in [2.45, 2.75) is 46.1 Å². The highest BCUT2D eigenvalue weighted by Gasteiger charge is 2.32. The minimum Gasteiger partial charge on any atom is -0.478 e. The monoisotopic (exact) mass is 254 g/mol. The lowest BCUT2D eigenvalue weighted by molar-refractivity contribution is 0.0697. The molecule has 0 aliphatic heterocycles. The molecule has 0 bridgehead atoms. The summed E-state index contributed by atoms with van der Waals surface area (Å²) in [4.78, 5) is 11.1. The standard InChI is InChI=1S/C12H18N2O2S/c1-7-9(11(15)16)10(17-14-7)13-8-4-5-12(2,3)6-8/h8,13H,4-6H2,1-3H3,(H,15,16). The zero-order valence-corrected chi connectivity index (χ0v) is 11.2. The van der Waals surface area contributed by atoms with Crippen LogP contribution >= 0.6 is 11.5 Å². The average Bonchev–Trinajstić information content (AvgIpc) is 2.71. The summed E-state index contributed by atoms with van der Waals surface area (Å²) in [5, 5.41) is 13.2. The van der Waals surface area contributed by atoms with E-state index < -0.39 is 5.97 Å². The Labute approximate surface area is 105 Å². The number of carbonyl (C=O) groups is 1. The van der Waals surface area contributed by atoms with E-state index in [0.717, 1.165) is 12.8 Å². The number of anilines is 1. The maximum Gasteiger partial charge on any atom is 0.340 e. The van der Waals surface area contributed by atoms with Crippen LogP contribution in [0.2, 0.25) is 0 Å². The molecule has 17 heavy (non-hydrogen) atoms. The molecule has 1 heterocycles. The highest BCUT2D eigenvalue weighted by Crippen LogP contribution is 2.39. The lowest BCUT2D eigenvalue weighted by Crippen LogP contribution is -2.18. The zero-order valence-electron chi connectivity index (χ0n) is 10.4. The Morgan fingerprint density at radius 2 is 2.29 bits per heavy atom. The molecule has 1 fully saturated rings. The average molecular weight is 254 g/mol. The summed E-state index contributed by atoms with van der Waals surface area (Å²) in [7, 11) is 0. The molecule has 0 spiro atoms. The van der Waals surface area contributed by atoms with Gasteiger partial charge in [-0.2, -0.15) is 4.37 Å². The van der Waals surface area contributed by atoms with Gasteiger partial charge in [0.25, 0.3) is 0 Å². The number of hydrogen-bond acceptors (Lipinski definition) is 4. The van der Waals surface area contributed by atoms with Crippen LogP contribution in [0.3, 0.4) is 0 Å². The Balaban J connectivity index is 2.12. The van der Waals surface area contributed by atoms with Gasteiger partial charge in [-0.15, -0.1) is 0 Å². The van der Waals surface area contributed by atoms with Gasteiger partial charge >= 0.3 is 5.97 Å². The van der Waals surface area contributed by atoms with Crippen molar-refractivity contribution in [1.82, 2.24) is 4.37 Å². The predicted octanol–water partition coefficient (Wildman–Crippen LogP) is 3.14. The topological polar surface area (TPSA) is 62.2 Å². The Morgan fingerprint density at radius 3 is 2.82 bits per heavy atom. The molecule has 4 nitrogen and oxygen atoms in total. The van der Waals surface area contributed by atoms with Crippen LogP contribution in [0.1, 0.15) is 49.2 Å². The van der Waals surface area contributed by atoms with E-state index in [2.05, 4.69) is 23.5 Å². The van der Waals surface area contributed by atoms with Gasteiger partial charge in [0.2, 0.25) is 0 Å². The highest BCUT2D eigenvalue weighted by molar-refractivity contribution is 7.10. The van der Waals surface area contributed by atoms with E-state index in [0.29, 0.717) is 27.7 Å². The van der Waals surface area contributed by atoms with Crippen LogP contribution in [0.25, 0.3) is 0 Å². The van der Waals surface area contributed by atoms with Gasteiger partial charge in [-0.05, 0) is 43.1 Å². The van der Waals surface area contributed by atoms with Crippen LogP contribution in [0, 0.1) is 12.3 Å². The second kappa shape index (κ2) is 4.29. The number of hydrogen-bond donors (Lipinski definition) is 2. The van der Waals surface area contributed by atoms with E-state index in [-0.39, 0.29) is 0 Å². The van der Waals surface area contributed by atoms with Gasteiger partial charge in [0.05, 0.1) is 5.69 Å². The van der Waals surface area contributed by atoms with E-state index in [1.165, 1.54) is 18.0 Å². The van der Waals surface area contributed by atoms with Crippen LogP contribution in [0.4, 0.5) is 5.00 Å². The summed E-state index contributed by atoms with van der Waals surface area (Å²) in [6.07, 6.45) is 3.37. The first-order valence-corrected chi connectivity index (χ1v) is 6.62. The Hall–Kier alpha value is -1.10. The van der Waals surface area contributed by atoms with Crippen LogP contribution in [-0.4, -0.2) is 21.5 Å². The van der Waals surface area contributed by atoms with Crippen molar-refractivity contribution in [2.24, 2.45) is 5.41 Å². The summed E-state index contributed by atoms with van der Waals surface area (Å²) < 4.78 is 4.11. The first kappa shape index (κ1) is 12.4. The van der Waals surface area contributed by atoms with Gasteiger partial charge in [0.15, 0.2) is 0 Å². The molecule has 2 rings (SSSR count). The molecule has 1 aromatic rings. The van der Waals surface area contributed by atoms with Crippen LogP contribution in [0.15, 0.2) is 0 Å². The number of nitrogens with zero attached hydrogens (tertiary/aromatic N) is 1. The number of rotatable bonds is 3. The second-order valence-corrected chi connectivity index (χ2v) is 6.30. The number of aryl methyl sites for hydroxylation is 1. The van der Waals surface area contributed by atoms with Crippen molar-refractivity contribution in [3.05, 3.63) is 11.3 Å². The molecule has 0 saturated heterocycles. The van der Waals surface area contributed by atoms with Gasteiger partial charge < -0.3 is 10.4 Å². The van der Waals surface area contributed by atoms with Gasteiger partial charge in [-0.3, -0.25) is 0 Å². The molecule has 1 aliphatic rings. The Bertz CT molecular complexity index is 440. The normalized spacial score (nSPS) is 22.6. The molecule has 1 atom stereocenters. The Morgan fingerprint density at radius 1 is 1.59 bits per heavy atom. The highest BCUT2D eigenvalue weighted by atomic mass is 32.1. The molecular formula is C12H18N2O2S. The maximum absolute atomic E-state index is 11.1. The van der Waals surface area contributed by atoms with Crippen LogP contribution in [0.5, 0.6) is 0 Å². The molecule has 94 valence electrons. The minimum atomic E-state index is -0.893. The van der Waals surface area contributed by atoms with E-state index in [4.69, 9.17) is 5.11 Å². The molecule has 2 N–H and O–H groups in total. The van der Waals surface area contributed by atoms with E-state index in [1.807, 2.05) is 0 Å². The molecular weight excluding hydrogens is 236 g/mol. The predicted molar refractivity (Wildman–Crippen MR) is 68.9 cm³/mol. The molecule has 1 saturated carbocycles. The van der Waals surface area contributed by atoms with Crippen molar-refractivity contribution in [1.29, 1.82) is 0 Å². The molecule has 0 radical (unpaired) electrons. The third-order valence-corrected chi connectivity index (χ3v) is 4.25. The summed E-state index contributed by atoms with van der Waals surface area (Å²) in [5.74, 6) is -0.893. The van der Waals surface area contributed by atoms with Gasteiger partial charge in [0, 0.05) is 6.04 Å². The van der Waals surface area contributed by atoms with E-state index >= 15 is 0 Å². The molecule has 0 amide bonds. The van der Waals surface area contributed by atoms with Crippen molar-refractivity contribution in [3.8, 4) is 0 Å². The van der Waals surface area contributed by atoms with Crippen molar-refractivity contribution < 1.29 is 9.90 Å². The van der Waals surface area contributed by atoms with Crippen molar-refractivity contribution >= 4 is 22.5 Å². The SMILES string of the molecule is Cc1nsc(NC2CCC(C)(C)C2)c1C(=O)O. The Kier molecular flexibility index (Phi) is 3.12. The second-order valence-electron chi connectivity index (χ2n) is 5.53. The van der Waals surface area contributed by atoms with Gasteiger partial charge in [0.1, 0.15) is 10.6 Å². The third-order valence-electron chi connectivity index (χ3n) is 3.38. The molecule has 0 aromatic carbocycles. The summed E-state index contributed by atoms with van der Waals surface area (Å²) in [5.41, 5.74) is 1.29. The first-order valence-electron chi connectivity index (χ1n) is 5.85. The molecule has 5 heteroatoms. The maximum atomic E-state index is 11.1. The third kappa shape index (κ3) is 2.60. The quantitative estimate of drug-likeness (QED) is 0.870. The number of aromatic nitrogens is 1. The fraction of sp³-hybridized carbons (Fsp3) is 0.667. The summed E-state index contributed by atoms with van der Waals surface area (Å²) in [6, 6.07) is 0.378. The van der Waals surface area contributed by atoms with Crippen molar-refractivity contribution in [2.75, 3.05) is 5.32 Å². The van der Waals surface area contributed by atoms with Gasteiger partial charge in [-0.25, -0.2) is 4.79 Å². The van der Waals surface area contributed by atoms with Crippen LogP contribution in [-0.2, 0) is 0 Å². The fourth-order valence-corrected chi connectivity index (χ4v) is 3.33. The lowest BCUT2D eigenvalue weighted by Gasteiger charge is -2.18. The summed E-state index contributed by atoms with van der Waals surface area (Å²) in [6.45, 7) is 6.25. The number of nitrogens with one attached hydrogen (secondary N) is 1. The molecule has 1 aliphatic carbocycles. The first-order chi connectivity index (χ1) is 7.89. The number of carboxylic acids is 1. The van der Waals surface area contributed by atoms with E-state index in [1.54, 1.807) is 6.92 Å². The number of carboxylic acid groups (broad SMARTS) is 1. The number of aromatic carboxylic acids is 1. The van der Waals surface area contributed by atoms with Crippen LogP contribution < -0.4 is 5.32 Å². The molecule has 1 aromatic heterocycles. The van der Waals surface area contributed by atoms with E-state index in [9.17, 15) is 4.79 Å². The largest absolute Gasteiger partial charge is 0.478 e. The van der Waals surface area contributed by atoms with Crippen molar-refractivity contribution in [3.63, 3.8) is 0 Å². The summed E-state index contributed by atoms with van der Waals surface area (Å²) >= 11 is 1.25. The zero-order chi connectivity index (χ0) is 12.6. The minimum absolute atomic E-state index is 0.333.